The lowest BCUT2D eigenvalue weighted by Crippen LogP contribution is -2.30. The minimum absolute atomic E-state index is 0.0697. The molecule has 22 heavy (non-hydrogen) atoms. The maximum absolute atomic E-state index is 12.0. The average Bonchev–Trinajstić information content (AvgIpc) is 3.24. The Morgan fingerprint density at radius 3 is 2.14 bits per heavy atom. The molecule has 1 aromatic rings. The number of nitrogens with one attached hydrogen (secondary N) is 2. The predicted octanol–water partition coefficient (Wildman–Crippen LogP) is 2.67. The number of hydrogen-bond acceptors (Lipinski definition) is 3. The summed E-state index contributed by atoms with van der Waals surface area (Å²) in [4.78, 5) is 23.7. The van der Waals surface area contributed by atoms with E-state index in [1.54, 1.807) is 24.3 Å². The second kappa shape index (κ2) is 6.08. The molecule has 0 bridgehead atoms. The van der Waals surface area contributed by atoms with E-state index < -0.39 is 5.60 Å². The van der Waals surface area contributed by atoms with E-state index in [1.165, 1.54) is 0 Å². The fourth-order valence-electron chi connectivity index (χ4n) is 2.94. The topological polar surface area (TPSA) is 78.4 Å². The van der Waals surface area contributed by atoms with Crippen LogP contribution in [0.2, 0.25) is 0 Å². The van der Waals surface area contributed by atoms with Crippen LogP contribution in [-0.4, -0.2) is 22.5 Å². The first-order valence-electron chi connectivity index (χ1n) is 7.97. The molecule has 0 saturated heterocycles. The van der Waals surface area contributed by atoms with Crippen LogP contribution < -0.4 is 10.6 Å². The van der Waals surface area contributed by atoms with Crippen molar-refractivity contribution in [2.45, 2.75) is 50.5 Å². The molecule has 0 aromatic heterocycles. The van der Waals surface area contributed by atoms with Gasteiger partial charge in [0, 0.05) is 17.3 Å². The Hall–Kier alpha value is -1.88. The molecule has 2 saturated carbocycles. The molecule has 0 unspecified atom stereocenters. The van der Waals surface area contributed by atoms with Gasteiger partial charge in [-0.05, 0) is 49.9 Å². The first-order valence-corrected chi connectivity index (χ1v) is 7.97. The van der Waals surface area contributed by atoms with Crippen LogP contribution in [-0.2, 0) is 9.59 Å². The third-order valence-corrected chi connectivity index (χ3v) is 4.41. The Morgan fingerprint density at radius 1 is 1.05 bits per heavy atom. The molecule has 2 aliphatic carbocycles. The van der Waals surface area contributed by atoms with Crippen LogP contribution in [0.5, 0.6) is 0 Å². The fraction of sp³-hybridized carbons (Fsp3) is 0.529. The highest BCUT2D eigenvalue weighted by atomic mass is 16.3. The molecule has 0 heterocycles. The van der Waals surface area contributed by atoms with E-state index in [4.69, 9.17) is 0 Å². The van der Waals surface area contributed by atoms with Gasteiger partial charge in [-0.25, -0.2) is 0 Å². The largest absolute Gasteiger partial charge is 0.389 e. The zero-order chi connectivity index (χ0) is 15.6. The van der Waals surface area contributed by atoms with Crippen molar-refractivity contribution >= 4 is 23.2 Å². The number of aliphatic hydroxyl groups is 1. The summed E-state index contributed by atoms with van der Waals surface area (Å²) in [7, 11) is 0. The molecule has 2 fully saturated rings. The molecule has 2 aliphatic rings. The Balaban J connectivity index is 1.51. The van der Waals surface area contributed by atoms with E-state index in [0.717, 1.165) is 31.4 Å². The van der Waals surface area contributed by atoms with Gasteiger partial charge in [-0.3, -0.25) is 9.59 Å². The van der Waals surface area contributed by atoms with Gasteiger partial charge in [0.1, 0.15) is 0 Å². The third kappa shape index (κ3) is 3.85. The average molecular weight is 302 g/mol. The molecular weight excluding hydrogens is 280 g/mol. The number of amides is 2. The van der Waals surface area contributed by atoms with Crippen molar-refractivity contribution in [2.75, 3.05) is 10.6 Å². The van der Waals surface area contributed by atoms with Crippen LogP contribution in [0, 0.1) is 5.92 Å². The van der Waals surface area contributed by atoms with Crippen molar-refractivity contribution < 1.29 is 14.7 Å². The van der Waals surface area contributed by atoms with Crippen molar-refractivity contribution in [3.05, 3.63) is 24.3 Å². The van der Waals surface area contributed by atoms with Crippen molar-refractivity contribution in [3.8, 4) is 0 Å². The van der Waals surface area contributed by atoms with E-state index in [-0.39, 0.29) is 24.2 Å². The van der Waals surface area contributed by atoms with Crippen LogP contribution >= 0.6 is 0 Å². The fourth-order valence-corrected chi connectivity index (χ4v) is 2.94. The first-order chi connectivity index (χ1) is 10.5. The van der Waals surface area contributed by atoms with Gasteiger partial charge in [-0.1, -0.05) is 12.8 Å². The summed E-state index contributed by atoms with van der Waals surface area (Å²) >= 11 is 0. The number of anilines is 2. The van der Waals surface area contributed by atoms with Gasteiger partial charge in [-0.2, -0.15) is 0 Å². The van der Waals surface area contributed by atoms with Crippen LogP contribution in [0.25, 0.3) is 0 Å². The monoisotopic (exact) mass is 302 g/mol. The summed E-state index contributed by atoms with van der Waals surface area (Å²) in [6.45, 7) is 0. The molecular formula is C17H22N2O3. The number of benzene rings is 1. The van der Waals surface area contributed by atoms with Crippen LogP contribution in [0.15, 0.2) is 24.3 Å². The smallest absolute Gasteiger partial charge is 0.227 e. The van der Waals surface area contributed by atoms with E-state index in [2.05, 4.69) is 10.6 Å². The van der Waals surface area contributed by atoms with E-state index in [9.17, 15) is 14.7 Å². The van der Waals surface area contributed by atoms with Gasteiger partial charge < -0.3 is 15.7 Å². The summed E-state index contributed by atoms with van der Waals surface area (Å²) in [5.41, 5.74) is 0.586. The number of carbonyl (C=O) groups excluding carboxylic acids is 2. The molecule has 0 spiro atoms. The summed E-state index contributed by atoms with van der Waals surface area (Å²) in [6, 6.07) is 7.08. The molecule has 5 heteroatoms. The Kier molecular flexibility index (Phi) is 4.16. The lowest BCUT2D eigenvalue weighted by Gasteiger charge is -2.21. The van der Waals surface area contributed by atoms with Gasteiger partial charge >= 0.3 is 0 Å². The molecule has 2 amide bonds. The van der Waals surface area contributed by atoms with Gasteiger partial charge in [0.25, 0.3) is 0 Å². The maximum atomic E-state index is 12.0. The second-order valence-electron chi connectivity index (χ2n) is 6.50. The molecule has 3 N–H and O–H groups in total. The van der Waals surface area contributed by atoms with Crippen molar-refractivity contribution in [1.29, 1.82) is 0 Å². The molecule has 5 nitrogen and oxygen atoms in total. The number of hydrogen-bond donors (Lipinski definition) is 3. The molecule has 0 radical (unpaired) electrons. The zero-order valence-corrected chi connectivity index (χ0v) is 12.6. The van der Waals surface area contributed by atoms with Crippen molar-refractivity contribution in [1.82, 2.24) is 0 Å². The lowest BCUT2D eigenvalue weighted by molar-refractivity contribution is -0.121. The molecule has 0 atom stereocenters. The lowest BCUT2D eigenvalue weighted by atomic mass is 9.97. The Bertz CT molecular complexity index is 558. The molecule has 1 aromatic carbocycles. The highest BCUT2D eigenvalue weighted by molar-refractivity contribution is 5.95. The third-order valence-electron chi connectivity index (χ3n) is 4.41. The Morgan fingerprint density at radius 2 is 1.59 bits per heavy atom. The van der Waals surface area contributed by atoms with Gasteiger partial charge in [0.15, 0.2) is 0 Å². The Labute approximate surface area is 130 Å². The maximum Gasteiger partial charge on any atom is 0.227 e. The van der Waals surface area contributed by atoms with Crippen LogP contribution in [0.4, 0.5) is 11.4 Å². The van der Waals surface area contributed by atoms with E-state index in [0.29, 0.717) is 18.5 Å². The normalized spacial score (nSPS) is 19.7. The summed E-state index contributed by atoms with van der Waals surface area (Å²) in [6.07, 6.45) is 5.47. The molecule has 3 rings (SSSR count). The zero-order valence-electron chi connectivity index (χ0n) is 12.6. The highest BCUT2D eigenvalue weighted by Crippen LogP contribution is 2.33. The van der Waals surface area contributed by atoms with Gasteiger partial charge in [-0.15, -0.1) is 0 Å². The minimum atomic E-state index is -0.831. The SMILES string of the molecule is O=C(CC1(O)CCCC1)Nc1ccc(NC(=O)C2CC2)cc1. The summed E-state index contributed by atoms with van der Waals surface area (Å²) in [5, 5.41) is 15.9. The van der Waals surface area contributed by atoms with E-state index >= 15 is 0 Å². The predicted molar refractivity (Wildman–Crippen MR) is 84.5 cm³/mol. The first kappa shape index (κ1) is 15.0. The quantitative estimate of drug-likeness (QED) is 0.782. The summed E-state index contributed by atoms with van der Waals surface area (Å²) in [5.74, 6) is 0.0749. The summed E-state index contributed by atoms with van der Waals surface area (Å²) < 4.78 is 0. The van der Waals surface area contributed by atoms with Gasteiger partial charge in [0.05, 0.1) is 12.0 Å². The standard InChI is InChI=1S/C17H22N2O3/c20-15(11-17(22)9-1-2-10-17)18-13-5-7-14(8-6-13)19-16(21)12-3-4-12/h5-8,12,22H,1-4,9-11H2,(H,18,20)(H,19,21). The van der Waals surface area contributed by atoms with Gasteiger partial charge in [0.2, 0.25) is 11.8 Å². The second-order valence-corrected chi connectivity index (χ2v) is 6.50. The van der Waals surface area contributed by atoms with Crippen LogP contribution in [0.1, 0.15) is 44.9 Å². The van der Waals surface area contributed by atoms with Crippen molar-refractivity contribution in [3.63, 3.8) is 0 Å². The van der Waals surface area contributed by atoms with Crippen molar-refractivity contribution in [2.24, 2.45) is 5.92 Å². The highest BCUT2D eigenvalue weighted by Gasteiger charge is 2.33. The molecule has 118 valence electrons. The minimum Gasteiger partial charge on any atom is -0.389 e. The van der Waals surface area contributed by atoms with E-state index in [1.807, 2.05) is 0 Å². The number of carbonyl (C=O) groups is 2. The molecule has 0 aliphatic heterocycles. The van der Waals surface area contributed by atoms with Crippen LogP contribution in [0.3, 0.4) is 0 Å². The number of rotatable bonds is 5.